The summed E-state index contributed by atoms with van der Waals surface area (Å²) in [7, 11) is 1.70. The lowest BCUT2D eigenvalue weighted by molar-refractivity contribution is 0.0698. The summed E-state index contributed by atoms with van der Waals surface area (Å²) in [5.41, 5.74) is 7.04. The Morgan fingerprint density at radius 1 is 1.61 bits per heavy atom. The van der Waals surface area contributed by atoms with Gasteiger partial charge in [-0.25, -0.2) is 4.79 Å². The number of rotatable bonds is 4. The van der Waals surface area contributed by atoms with Crippen LogP contribution in [0.4, 0.5) is 11.4 Å². The summed E-state index contributed by atoms with van der Waals surface area (Å²) in [4.78, 5) is 13.2. The number of ether oxygens (including phenoxy) is 1. The summed E-state index contributed by atoms with van der Waals surface area (Å²) < 4.78 is 5.15. The van der Waals surface area contributed by atoms with Crippen molar-refractivity contribution in [1.82, 2.24) is 0 Å². The predicted molar refractivity (Wildman–Crippen MR) is 70.0 cm³/mol. The van der Waals surface area contributed by atoms with Gasteiger partial charge in [0.25, 0.3) is 0 Å². The third kappa shape index (κ3) is 2.56. The van der Waals surface area contributed by atoms with Crippen molar-refractivity contribution in [2.24, 2.45) is 5.92 Å². The van der Waals surface area contributed by atoms with E-state index in [1.165, 1.54) is 0 Å². The second-order valence-electron chi connectivity index (χ2n) is 4.63. The second kappa shape index (κ2) is 5.27. The van der Waals surface area contributed by atoms with Crippen molar-refractivity contribution >= 4 is 17.3 Å². The zero-order valence-corrected chi connectivity index (χ0v) is 10.4. The smallest absolute Gasteiger partial charge is 0.337 e. The zero-order valence-electron chi connectivity index (χ0n) is 10.4. The van der Waals surface area contributed by atoms with Gasteiger partial charge < -0.3 is 20.5 Å². The fraction of sp³-hybridized carbons (Fsp3) is 0.462. The molecule has 1 aromatic rings. The molecule has 0 radical (unpaired) electrons. The molecule has 1 unspecified atom stereocenters. The number of carboxylic acid groups (broad SMARTS) is 1. The number of hydrogen-bond donors (Lipinski definition) is 2. The van der Waals surface area contributed by atoms with Crippen molar-refractivity contribution in [3.05, 3.63) is 23.8 Å². The number of hydrogen-bond acceptors (Lipinski definition) is 4. The van der Waals surface area contributed by atoms with Gasteiger partial charge in [0.15, 0.2) is 0 Å². The average Bonchev–Trinajstić information content (AvgIpc) is 2.78. The van der Waals surface area contributed by atoms with Gasteiger partial charge in [-0.05, 0) is 24.6 Å². The van der Waals surface area contributed by atoms with Gasteiger partial charge in [-0.3, -0.25) is 0 Å². The molecule has 5 heteroatoms. The van der Waals surface area contributed by atoms with E-state index in [-0.39, 0.29) is 5.56 Å². The molecule has 5 nitrogen and oxygen atoms in total. The molecule has 3 N–H and O–H groups in total. The molecule has 1 aliphatic rings. The molecule has 0 aromatic heterocycles. The highest BCUT2D eigenvalue weighted by atomic mass is 16.5. The highest BCUT2D eigenvalue weighted by Crippen LogP contribution is 2.27. The summed E-state index contributed by atoms with van der Waals surface area (Å²) in [6, 6.07) is 5.17. The molecule has 1 fully saturated rings. The number of benzene rings is 1. The maximum absolute atomic E-state index is 11.0. The minimum absolute atomic E-state index is 0.169. The Labute approximate surface area is 106 Å². The molecule has 1 saturated heterocycles. The quantitative estimate of drug-likeness (QED) is 0.791. The number of nitrogens with two attached hydrogens (primary N) is 1. The van der Waals surface area contributed by atoms with E-state index in [4.69, 9.17) is 15.6 Å². The molecule has 1 heterocycles. The SMILES string of the molecule is COCC1CCN(c2ccc(N)c(C(=O)O)c2)C1. The third-order valence-electron chi connectivity index (χ3n) is 3.32. The first-order valence-electron chi connectivity index (χ1n) is 5.98. The molecule has 0 amide bonds. The Kier molecular flexibility index (Phi) is 3.72. The van der Waals surface area contributed by atoms with E-state index in [0.29, 0.717) is 11.6 Å². The first-order valence-corrected chi connectivity index (χ1v) is 5.98. The molecule has 0 spiro atoms. The first kappa shape index (κ1) is 12.7. The van der Waals surface area contributed by atoms with Gasteiger partial charge >= 0.3 is 5.97 Å². The van der Waals surface area contributed by atoms with Gasteiger partial charge in [0.2, 0.25) is 0 Å². The predicted octanol–water partition coefficient (Wildman–Crippen LogP) is 1.44. The summed E-state index contributed by atoms with van der Waals surface area (Å²) in [6.45, 7) is 2.57. The third-order valence-corrected chi connectivity index (χ3v) is 3.32. The molecule has 18 heavy (non-hydrogen) atoms. The number of methoxy groups -OCH3 is 1. The van der Waals surface area contributed by atoms with Gasteiger partial charge in [0.1, 0.15) is 0 Å². The number of carboxylic acids is 1. The Morgan fingerprint density at radius 3 is 3.06 bits per heavy atom. The van der Waals surface area contributed by atoms with Crippen LogP contribution in [0.1, 0.15) is 16.8 Å². The number of anilines is 2. The van der Waals surface area contributed by atoms with E-state index in [1.54, 1.807) is 19.2 Å². The van der Waals surface area contributed by atoms with Crippen LogP contribution in [0.25, 0.3) is 0 Å². The standard InChI is InChI=1S/C13H18N2O3/c1-18-8-9-4-5-15(7-9)10-2-3-12(14)11(6-10)13(16)17/h2-3,6,9H,4-5,7-8,14H2,1H3,(H,16,17). The second-order valence-corrected chi connectivity index (χ2v) is 4.63. The number of aromatic carboxylic acids is 1. The normalized spacial score (nSPS) is 19.2. The fourth-order valence-corrected chi connectivity index (χ4v) is 2.37. The molecule has 0 aliphatic carbocycles. The monoisotopic (exact) mass is 250 g/mol. The van der Waals surface area contributed by atoms with Gasteiger partial charge in [0.05, 0.1) is 12.2 Å². The number of nitrogen functional groups attached to an aromatic ring is 1. The van der Waals surface area contributed by atoms with Crippen LogP contribution in [-0.4, -0.2) is 37.9 Å². The van der Waals surface area contributed by atoms with Gasteiger partial charge in [-0.15, -0.1) is 0 Å². The summed E-state index contributed by atoms with van der Waals surface area (Å²) in [6.07, 6.45) is 1.07. The summed E-state index contributed by atoms with van der Waals surface area (Å²) >= 11 is 0. The van der Waals surface area contributed by atoms with Gasteiger partial charge in [0, 0.05) is 37.5 Å². The van der Waals surface area contributed by atoms with Crippen LogP contribution in [0.3, 0.4) is 0 Å². The maximum atomic E-state index is 11.0. The van der Waals surface area contributed by atoms with Crippen molar-refractivity contribution in [1.29, 1.82) is 0 Å². The molecule has 1 aliphatic heterocycles. The van der Waals surface area contributed by atoms with Crippen LogP contribution >= 0.6 is 0 Å². The lowest BCUT2D eigenvalue weighted by atomic mass is 10.1. The van der Waals surface area contributed by atoms with E-state index in [0.717, 1.165) is 31.8 Å². The largest absolute Gasteiger partial charge is 0.478 e. The van der Waals surface area contributed by atoms with E-state index in [2.05, 4.69) is 4.90 Å². The van der Waals surface area contributed by atoms with Crippen molar-refractivity contribution in [2.75, 3.05) is 37.4 Å². The summed E-state index contributed by atoms with van der Waals surface area (Å²) in [5.74, 6) is -0.470. The molecule has 98 valence electrons. The summed E-state index contributed by atoms with van der Waals surface area (Å²) in [5, 5.41) is 9.05. The maximum Gasteiger partial charge on any atom is 0.337 e. The van der Waals surface area contributed by atoms with Crippen LogP contribution in [-0.2, 0) is 4.74 Å². The van der Waals surface area contributed by atoms with Crippen LogP contribution < -0.4 is 10.6 Å². The van der Waals surface area contributed by atoms with Crippen molar-refractivity contribution in [2.45, 2.75) is 6.42 Å². The first-order chi connectivity index (χ1) is 8.61. The minimum atomic E-state index is -0.984. The Morgan fingerprint density at radius 2 is 2.39 bits per heavy atom. The lowest BCUT2D eigenvalue weighted by Gasteiger charge is -2.19. The van der Waals surface area contributed by atoms with Crippen molar-refractivity contribution in [3.63, 3.8) is 0 Å². The van der Waals surface area contributed by atoms with Crippen LogP contribution in [0.2, 0.25) is 0 Å². The topological polar surface area (TPSA) is 75.8 Å². The Hall–Kier alpha value is -1.75. The fourth-order valence-electron chi connectivity index (χ4n) is 2.37. The highest BCUT2D eigenvalue weighted by Gasteiger charge is 2.23. The Bertz CT molecular complexity index is 448. The molecule has 1 aromatic carbocycles. The van der Waals surface area contributed by atoms with Crippen LogP contribution in [0.5, 0.6) is 0 Å². The minimum Gasteiger partial charge on any atom is -0.478 e. The zero-order chi connectivity index (χ0) is 13.1. The van der Waals surface area contributed by atoms with E-state index in [1.807, 2.05) is 6.07 Å². The molecular weight excluding hydrogens is 232 g/mol. The van der Waals surface area contributed by atoms with Gasteiger partial charge in [-0.2, -0.15) is 0 Å². The molecule has 0 saturated carbocycles. The lowest BCUT2D eigenvalue weighted by Crippen LogP contribution is -2.21. The highest BCUT2D eigenvalue weighted by molar-refractivity contribution is 5.94. The van der Waals surface area contributed by atoms with Crippen LogP contribution in [0.15, 0.2) is 18.2 Å². The van der Waals surface area contributed by atoms with Crippen LogP contribution in [0, 0.1) is 5.92 Å². The number of nitrogens with zero attached hydrogens (tertiary/aromatic N) is 1. The van der Waals surface area contributed by atoms with E-state index < -0.39 is 5.97 Å². The van der Waals surface area contributed by atoms with Crippen molar-refractivity contribution < 1.29 is 14.6 Å². The Balaban J connectivity index is 2.15. The van der Waals surface area contributed by atoms with Gasteiger partial charge in [-0.1, -0.05) is 0 Å². The molecular formula is C13H18N2O3. The number of carbonyl (C=O) groups is 1. The average molecular weight is 250 g/mol. The van der Waals surface area contributed by atoms with E-state index >= 15 is 0 Å². The van der Waals surface area contributed by atoms with Crippen molar-refractivity contribution in [3.8, 4) is 0 Å². The molecule has 1 atom stereocenters. The molecule has 0 bridgehead atoms. The molecule has 2 rings (SSSR count). The van der Waals surface area contributed by atoms with E-state index in [9.17, 15) is 4.79 Å².